The van der Waals surface area contributed by atoms with Crippen molar-refractivity contribution in [2.75, 3.05) is 31.1 Å². The zero-order valence-corrected chi connectivity index (χ0v) is 13.0. The lowest BCUT2D eigenvalue weighted by molar-refractivity contribution is 0.177. The van der Waals surface area contributed by atoms with Crippen molar-refractivity contribution in [1.82, 2.24) is 4.90 Å². The first-order chi connectivity index (χ1) is 9.60. The molecule has 0 radical (unpaired) electrons. The minimum Gasteiger partial charge on any atom is -0.395 e. The van der Waals surface area contributed by atoms with Gasteiger partial charge in [-0.3, -0.25) is 4.90 Å². The third-order valence-electron chi connectivity index (χ3n) is 4.68. The van der Waals surface area contributed by atoms with Gasteiger partial charge in [0.1, 0.15) is 0 Å². The normalized spacial score (nSPS) is 25.9. The number of aliphatic hydroxyl groups excluding tert-OH is 1. The molecule has 2 heterocycles. The highest BCUT2D eigenvalue weighted by atomic mass is 35.5. The molecule has 4 heteroatoms. The average Bonchev–Trinajstić information content (AvgIpc) is 2.98. The minimum absolute atomic E-state index is 0.262. The van der Waals surface area contributed by atoms with E-state index in [0.717, 1.165) is 24.7 Å². The zero-order valence-electron chi connectivity index (χ0n) is 12.2. The molecule has 2 bridgehead atoms. The van der Waals surface area contributed by atoms with E-state index in [4.69, 9.17) is 16.7 Å². The maximum Gasteiger partial charge on any atom is 0.0558 e. The van der Waals surface area contributed by atoms with Crippen LogP contribution in [0.25, 0.3) is 0 Å². The van der Waals surface area contributed by atoms with Gasteiger partial charge in [0.05, 0.1) is 6.61 Å². The van der Waals surface area contributed by atoms with Crippen LogP contribution in [0.3, 0.4) is 0 Å². The van der Waals surface area contributed by atoms with Crippen LogP contribution in [0.15, 0.2) is 18.2 Å². The van der Waals surface area contributed by atoms with Gasteiger partial charge in [0.15, 0.2) is 0 Å². The maximum absolute atomic E-state index is 9.08. The molecule has 3 rings (SSSR count). The molecule has 0 aromatic heterocycles. The predicted octanol–water partition coefficient (Wildman–Crippen LogP) is 2.72. The number of likely N-dealkylation sites (tertiary alicyclic amines) is 1. The number of aliphatic hydroxyl groups is 1. The first-order valence-electron chi connectivity index (χ1n) is 7.51. The van der Waals surface area contributed by atoms with Crippen LogP contribution < -0.4 is 4.90 Å². The molecule has 2 aliphatic rings. The number of benzene rings is 1. The Kier molecular flexibility index (Phi) is 3.93. The van der Waals surface area contributed by atoms with Crippen molar-refractivity contribution in [1.29, 1.82) is 0 Å². The second kappa shape index (κ2) is 5.55. The Morgan fingerprint density at radius 1 is 1.30 bits per heavy atom. The van der Waals surface area contributed by atoms with Gasteiger partial charge in [-0.05, 0) is 30.0 Å². The molecule has 20 heavy (non-hydrogen) atoms. The number of nitrogens with zero attached hydrogens (tertiary/aromatic N) is 2. The quantitative estimate of drug-likeness (QED) is 0.925. The van der Waals surface area contributed by atoms with Gasteiger partial charge >= 0.3 is 0 Å². The molecular weight excluding hydrogens is 272 g/mol. The van der Waals surface area contributed by atoms with Crippen molar-refractivity contribution in [3.05, 3.63) is 28.8 Å². The van der Waals surface area contributed by atoms with E-state index in [0.29, 0.717) is 18.0 Å². The predicted molar refractivity (Wildman–Crippen MR) is 83.7 cm³/mol. The van der Waals surface area contributed by atoms with Gasteiger partial charge in [-0.2, -0.15) is 0 Å². The molecule has 1 N–H and O–H groups in total. The SMILES string of the molecule is CC(C)c1ccc(N2C[C@@H]3C[C@H]2CN3CCO)cc1Cl. The molecule has 0 amide bonds. The number of hydrogen-bond acceptors (Lipinski definition) is 3. The number of halogens is 1. The fourth-order valence-corrected chi connectivity index (χ4v) is 4.02. The number of β-amino-alcohol motifs (C(OH)–C–C–N with tert-alkyl or cyclic N) is 1. The minimum atomic E-state index is 0.262. The summed E-state index contributed by atoms with van der Waals surface area (Å²) in [6, 6.07) is 7.66. The maximum atomic E-state index is 9.08. The van der Waals surface area contributed by atoms with Gasteiger partial charge in [-0.15, -0.1) is 0 Å². The summed E-state index contributed by atoms with van der Waals surface area (Å²) < 4.78 is 0. The molecule has 0 saturated carbocycles. The Morgan fingerprint density at radius 3 is 2.65 bits per heavy atom. The van der Waals surface area contributed by atoms with E-state index < -0.39 is 0 Å². The second-order valence-electron chi connectivity index (χ2n) is 6.27. The van der Waals surface area contributed by atoms with E-state index >= 15 is 0 Å². The summed E-state index contributed by atoms with van der Waals surface area (Å²) in [6.45, 7) is 7.54. The van der Waals surface area contributed by atoms with E-state index in [1.807, 2.05) is 0 Å². The summed E-state index contributed by atoms with van der Waals surface area (Å²) in [7, 11) is 0. The Hall–Kier alpha value is -0.770. The van der Waals surface area contributed by atoms with Crippen LogP contribution in [0.1, 0.15) is 31.7 Å². The van der Waals surface area contributed by atoms with E-state index in [9.17, 15) is 0 Å². The van der Waals surface area contributed by atoms with Gasteiger partial charge in [0.2, 0.25) is 0 Å². The molecular formula is C16H23ClN2O. The Bertz CT molecular complexity index is 491. The fourth-order valence-electron chi connectivity index (χ4n) is 3.63. The summed E-state index contributed by atoms with van der Waals surface area (Å²) in [4.78, 5) is 4.89. The molecule has 0 spiro atoms. The second-order valence-corrected chi connectivity index (χ2v) is 6.68. The van der Waals surface area contributed by atoms with Crippen molar-refractivity contribution in [2.24, 2.45) is 0 Å². The molecule has 110 valence electrons. The van der Waals surface area contributed by atoms with Crippen LogP contribution in [0.5, 0.6) is 0 Å². The number of rotatable bonds is 4. The molecule has 3 nitrogen and oxygen atoms in total. The summed E-state index contributed by atoms with van der Waals surface area (Å²) in [6.07, 6.45) is 1.21. The van der Waals surface area contributed by atoms with E-state index in [2.05, 4.69) is 41.8 Å². The van der Waals surface area contributed by atoms with E-state index in [-0.39, 0.29) is 6.61 Å². The van der Waals surface area contributed by atoms with Crippen LogP contribution in [-0.2, 0) is 0 Å². The standard InChI is InChI=1S/C16H23ClN2O/c1-11(2)15-4-3-12(8-16(15)17)19-10-13-7-14(19)9-18(13)5-6-20/h3-4,8,11,13-14,20H,5-7,9-10H2,1-2H3/t13-,14-/m0/s1. The molecule has 2 saturated heterocycles. The van der Waals surface area contributed by atoms with Crippen molar-refractivity contribution in [3.63, 3.8) is 0 Å². The van der Waals surface area contributed by atoms with Crippen LogP contribution in [0.4, 0.5) is 5.69 Å². The number of hydrogen-bond donors (Lipinski definition) is 1. The molecule has 0 aliphatic carbocycles. The first kappa shape index (κ1) is 14.2. The molecule has 1 aromatic carbocycles. The number of fused-ring (bicyclic) bond motifs is 2. The molecule has 2 aliphatic heterocycles. The monoisotopic (exact) mass is 294 g/mol. The van der Waals surface area contributed by atoms with Crippen molar-refractivity contribution in [2.45, 2.75) is 38.3 Å². The van der Waals surface area contributed by atoms with Gasteiger partial charge < -0.3 is 10.0 Å². The number of anilines is 1. The topological polar surface area (TPSA) is 26.7 Å². The highest BCUT2D eigenvalue weighted by Gasteiger charge is 2.42. The summed E-state index contributed by atoms with van der Waals surface area (Å²) >= 11 is 6.41. The molecule has 2 fully saturated rings. The Balaban J connectivity index is 1.75. The molecule has 2 atom stereocenters. The summed E-state index contributed by atoms with van der Waals surface area (Å²) in [5.41, 5.74) is 2.47. The lowest BCUT2D eigenvalue weighted by atomic mass is 10.0. The Labute approximate surface area is 126 Å². The van der Waals surface area contributed by atoms with Gasteiger partial charge in [0, 0.05) is 42.4 Å². The lowest BCUT2D eigenvalue weighted by Gasteiger charge is -2.35. The van der Waals surface area contributed by atoms with Crippen LogP contribution in [0, 0.1) is 0 Å². The highest BCUT2D eigenvalue weighted by molar-refractivity contribution is 6.31. The third-order valence-corrected chi connectivity index (χ3v) is 5.01. The summed E-state index contributed by atoms with van der Waals surface area (Å²) in [5.74, 6) is 0.464. The van der Waals surface area contributed by atoms with Gasteiger partial charge in [-0.1, -0.05) is 31.5 Å². The first-order valence-corrected chi connectivity index (χ1v) is 7.89. The van der Waals surface area contributed by atoms with Crippen molar-refractivity contribution >= 4 is 17.3 Å². The van der Waals surface area contributed by atoms with Crippen molar-refractivity contribution < 1.29 is 5.11 Å². The fraction of sp³-hybridized carbons (Fsp3) is 0.625. The van der Waals surface area contributed by atoms with Crippen LogP contribution in [-0.4, -0.2) is 48.3 Å². The zero-order chi connectivity index (χ0) is 14.3. The molecule has 0 unspecified atom stereocenters. The average molecular weight is 295 g/mol. The number of piperazine rings is 1. The lowest BCUT2D eigenvalue weighted by Crippen LogP contribution is -2.47. The van der Waals surface area contributed by atoms with Crippen molar-refractivity contribution in [3.8, 4) is 0 Å². The Morgan fingerprint density at radius 2 is 2.10 bits per heavy atom. The van der Waals surface area contributed by atoms with Crippen LogP contribution >= 0.6 is 11.6 Å². The molecule has 1 aromatic rings. The van der Waals surface area contributed by atoms with E-state index in [1.54, 1.807) is 0 Å². The summed E-state index contributed by atoms with van der Waals surface area (Å²) in [5, 5.41) is 9.97. The third kappa shape index (κ3) is 2.43. The van der Waals surface area contributed by atoms with Gasteiger partial charge in [0.25, 0.3) is 0 Å². The largest absolute Gasteiger partial charge is 0.395 e. The highest BCUT2D eigenvalue weighted by Crippen LogP contribution is 2.36. The van der Waals surface area contributed by atoms with Crippen LogP contribution in [0.2, 0.25) is 5.02 Å². The van der Waals surface area contributed by atoms with Gasteiger partial charge in [-0.25, -0.2) is 0 Å². The smallest absolute Gasteiger partial charge is 0.0558 e. The van der Waals surface area contributed by atoms with E-state index in [1.165, 1.54) is 17.7 Å².